The predicted octanol–water partition coefficient (Wildman–Crippen LogP) is 0.938. The van der Waals surface area contributed by atoms with Gasteiger partial charge in [-0.05, 0) is 26.8 Å². The molecule has 4 rings (SSSR count). The van der Waals surface area contributed by atoms with Crippen molar-refractivity contribution in [1.82, 2.24) is 28.7 Å². The van der Waals surface area contributed by atoms with E-state index in [0.717, 1.165) is 10.3 Å². The van der Waals surface area contributed by atoms with Gasteiger partial charge >= 0.3 is 5.69 Å². The Morgan fingerprint density at radius 2 is 1.84 bits per heavy atom. The summed E-state index contributed by atoms with van der Waals surface area (Å²) in [7, 11) is 3.14. The van der Waals surface area contributed by atoms with Gasteiger partial charge in [-0.3, -0.25) is 13.9 Å². The molecule has 0 saturated carbocycles. The largest absolute Gasteiger partial charge is 0.372 e. The first-order valence-corrected chi connectivity index (χ1v) is 11.2. The quantitative estimate of drug-likeness (QED) is 0.423. The molecule has 0 N–H and O–H groups in total. The molecule has 3 aromatic rings. The van der Waals surface area contributed by atoms with Crippen LogP contribution in [0.15, 0.2) is 27.0 Å². The highest BCUT2D eigenvalue weighted by Gasteiger charge is 2.28. The maximum absolute atomic E-state index is 13.0. The molecule has 0 aromatic carbocycles. The van der Waals surface area contributed by atoms with Crippen molar-refractivity contribution in [2.24, 2.45) is 14.1 Å². The van der Waals surface area contributed by atoms with Crippen molar-refractivity contribution >= 4 is 28.9 Å². The lowest BCUT2D eigenvalue weighted by atomic mass is 10.2. The molecule has 0 unspecified atom stereocenters. The van der Waals surface area contributed by atoms with Crippen LogP contribution in [0.3, 0.4) is 0 Å². The zero-order chi connectivity index (χ0) is 22.3. The van der Waals surface area contributed by atoms with Crippen LogP contribution in [-0.2, 0) is 25.4 Å². The Labute approximate surface area is 183 Å². The SMILES string of the molecule is Cc1ccnc(SCCn2c(N3C[C@H](C)O[C@@H](C)C3)nc3c2c(=O)n(C)c(=O)n3C)n1. The molecule has 31 heavy (non-hydrogen) atoms. The van der Waals surface area contributed by atoms with Crippen molar-refractivity contribution in [3.8, 4) is 0 Å². The van der Waals surface area contributed by atoms with Crippen LogP contribution in [0, 0.1) is 6.92 Å². The van der Waals surface area contributed by atoms with Crippen molar-refractivity contribution in [2.75, 3.05) is 23.7 Å². The van der Waals surface area contributed by atoms with Gasteiger partial charge < -0.3 is 14.2 Å². The Balaban J connectivity index is 1.76. The highest BCUT2D eigenvalue weighted by Crippen LogP contribution is 2.24. The lowest BCUT2D eigenvalue weighted by Crippen LogP contribution is -2.46. The summed E-state index contributed by atoms with van der Waals surface area (Å²) in [6.45, 7) is 7.83. The molecule has 1 saturated heterocycles. The van der Waals surface area contributed by atoms with Crippen LogP contribution in [0.1, 0.15) is 19.5 Å². The summed E-state index contributed by atoms with van der Waals surface area (Å²) in [5, 5.41) is 0.694. The lowest BCUT2D eigenvalue weighted by molar-refractivity contribution is -0.00586. The highest BCUT2D eigenvalue weighted by molar-refractivity contribution is 7.99. The van der Waals surface area contributed by atoms with E-state index in [-0.39, 0.29) is 23.5 Å². The minimum atomic E-state index is -0.389. The number of fused-ring (bicyclic) bond motifs is 1. The third-order valence-electron chi connectivity index (χ3n) is 5.35. The van der Waals surface area contributed by atoms with Crippen molar-refractivity contribution < 1.29 is 4.74 Å². The zero-order valence-corrected chi connectivity index (χ0v) is 19.2. The number of imidazole rings is 1. The fraction of sp³-hybridized carbons (Fsp3) is 0.550. The zero-order valence-electron chi connectivity index (χ0n) is 18.4. The molecule has 3 aromatic heterocycles. The Bertz CT molecular complexity index is 1220. The van der Waals surface area contributed by atoms with E-state index in [9.17, 15) is 9.59 Å². The maximum atomic E-state index is 13.0. The molecule has 4 heterocycles. The molecule has 1 aliphatic heterocycles. The second-order valence-corrected chi connectivity index (χ2v) is 8.99. The molecule has 0 amide bonds. The van der Waals surface area contributed by atoms with Crippen LogP contribution >= 0.6 is 11.8 Å². The summed E-state index contributed by atoms with van der Waals surface area (Å²) in [5.74, 6) is 1.34. The van der Waals surface area contributed by atoms with E-state index >= 15 is 0 Å². The Hall–Kier alpha value is -2.66. The monoisotopic (exact) mass is 445 g/mol. The van der Waals surface area contributed by atoms with E-state index in [4.69, 9.17) is 9.72 Å². The van der Waals surface area contributed by atoms with Crippen LogP contribution in [0.2, 0.25) is 0 Å². The van der Waals surface area contributed by atoms with E-state index in [0.29, 0.717) is 47.7 Å². The Morgan fingerprint density at radius 1 is 1.13 bits per heavy atom. The first kappa shape index (κ1) is 21.6. The van der Waals surface area contributed by atoms with Crippen molar-refractivity contribution in [1.29, 1.82) is 0 Å². The number of morpholine rings is 1. The third-order valence-corrected chi connectivity index (χ3v) is 6.19. The maximum Gasteiger partial charge on any atom is 0.332 e. The summed E-state index contributed by atoms with van der Waals surface area (Å²) < 4.78 is 10.4. The number of aromatic nitrogens is 6. The molecule has 0 aliphatic carbocycles. The number of nitrogens with zero attached hydrogens (tertiary/aromatic N) is 7. The third kappa shape index (κ3) is 4.11. The van der Waals surface area contributed by atoms with Crippen LogP contribution in [0.25, 0.3) is 11.2 Å². The summed E-state index contributed by atoms with van der Waals surface area (Å²) in [6.07, 6.45) is 1.82. The molecule has 0 bridgehead atoms. The van der Waals surface area contributed by atoms with Crippen molar-refractivity contribution in [3.05, 3.63) is 38.8 Å². The van der Waals surface area contributed by atoms with Gasteiger partial charge in [-0.1, -0.05) is 11.8 Å². The molecular weight excluding hydrogens is 418 g/mol. The standard InChI is InChI=1S/C20H27N7O3S/c1-12-6-7-21-18(22-12)31-9-8-27-15-16(24(4)20(29)25(5)17(15)28)23-19(27)26-10-13(2)30-14(3)11-26/h6-7,13-14H,8-11H2,1-5H3/t13-,14-/m0/s1. The van der Waals surface area contributed by atoms with Gasteiger partial charge in [-0.15, -0.1) is 0 Å². The number of ether oxygens (including phenoxy) is 1. The predicted molar refractivity (Wildman–Crippen MR) is 120 cm³/mol. The van der Waals surface area contributed by atoms with Gasteiger partial charge in [-0.2, -0.15) is 4.98 Å². The number of aryl methyl sites for hydroxylation is 3. The molecule has 0 spiro atoms. The number of hydrogen-bond acceptors (Lipinski definition) is 8. The highest BCUT2D eigenvalue weighted by atomic mass is 32.2. The first-order valence-electron chi connectivity index (χ1n) is 10.3. The molecule has 11 heteroatoms. The van der Waals surface area contributed by atoms with Crippen LogP contribution in [-0.4, -0.2) is 59.7 Å². The number of thioether (sulfide) groups is 1. The van der Waals surface area contributed by atoms with Crippen molar-refractivity contribution in [2.45, 2.75) is 44.7 Å². The minimum absolute atomic E-state index is 0.0405. The molecular formula is C20H27N7O3S. The van der Waals surface area contributed by atoms with E-state index in [1.54, 1.807) is 13.2 Å². The fourth-order valence-electron chi connectivity index (χ4n) is 3.95. The number of rotatable bonds is 5. The van der Waals surface area contributed by atoms with Gasteiger partial charge in [0.25, 0.3) is 5.56 Å². The van der Waals surface area contributed by atoms with Gasteiger partial charge in [0.15, 0.2) is 16.3 Å². The minimum Gasteiger partial charge on any atom is -0.372 e. The smallest absolute Gasteiger partial charge is 0.332 e. The average molecular weight is 446 g/mol. The lowest BCUT2D eigenvalue weighted by Gasteiger charge is -2.36. The van der Waals surface area contributed by atoms with Gasteiger partial charge in [-0.25, -0.2) is 14.8 Å². The van der Waals surface area contributed by atoms with E-state index < -0.39 is 0 Å². The Morgan fingerprint density at radius 3 is 2.52 bits per heavy atom. The van der Waals surface area contributed by atoms with Gasteiger partial charge in [0, 0.05) is 51.4 Å². The van der Waals surface area contributed by atoms with E-state index in [2.05, 4.69) is 14.9 Å². The summed E-state index contributed by atoms with van der Waals surface area (Å²) >= 11 is 1.52. The summed E-state index contributed by atoms with van der Waals surface area (Å²) in [5.41, 5.74) is 0.998. The number of anilines is 1. The second kappa shape index (κ2) is 8.46. The fourth-order valence-corrected chi connectivity index (χ4v) is 4.75. The molecule has 2 atom stereocenters. The molecule has 1 fully saturated rings. The Kier molecular flexibility index (Phi) is 5.89. The summed E-state index contributed by atoms with van der Waals surface area (Å²) in [6, 6.07) is 1.86. The normalized spacial score (nSPS) is 19.3. The van der Waals surface area contributed by atoms with E-state index in [1.807, 2.05) is 31.4 Å². The van der Waals surface area contributed by atoms with Gasteiger partial charge in [0.1, 0.15) is 0 Å². The molecule has 166 valence electrons. The average Bonchev–Trinajstić information content (AvgIpc) is 3.10. The van der Waals surface area contributed by atoms with Crippen LogP contribution in [0.4, 0.5) is 5.95 Å². The summed E-state index contributed by atoms with van der Waals surface area (Å²) in [4.78, 5) is 41.1. The molecule has 0 radical (unpaired) electrons. The van der Waals surface area contributed by atoms with E-state index in [1.165, 1.54) is 23.4 Å². The number of hydrogen-bond donors (Lipinski definition) is 0. The molecule has 10 nitrogen and oxygen atoms in total. The second-order valence-electron chi connectivity index (χ2n) is 7.93. The van der Waals surface area contributed by atoms with Crippen LogP contribution < -0.4 is 16.1 Å². The van der Waals surface area contributed by atoms with Crippen molar-refractivity contribution in [3.63, 3.8) is 0 Å². The topological polar surface area (TPSA) is 100 Å². The molecule has 1 aliphatic rings. The van der Waals surface area contributed by atoms with Crippen LogP contribution in [0.5, 0.6) is 0 Å². The first-order chi connectivity index (χ1) is 14.8. The van der Waals surface area contributed by atoms with Gasteiger partial charge in [0.05, 0.1) is 12.2 Å². The van der Waals surface area contributed by atoms with Gasteiger partial charge in [0.2, 0.25) is 5.95 Å².